The molecular formula is C28H20F6N2O4S. The first kappa shape index (κ1) is 29.6. The van der Waals surface area contributed by atoms with Crippen LogP contribution in [0.1, 0.15) is 21.5 Å². The lowest BCUT2D eigenvalue weighted by Gasteiger charge is -2.15. The number of methoxy groups -OCH3 is 1. The van der Waals surface area contributed by atoms with Crippen molar-refractivity contribution in [3.05, 3.63) is 102 Å². The molecule has 6 nitrogen and oxygen atoms in total. The van der Waals surface area contributed by atoms with E-state index < -0.39 is 39.4 Å². The van der Waals surface area contributed by atoms with Crippen molar-refractivity contribution < 1.29 is 44.3 Å². The SMILES string of the molecule is COc1ccc(S(N)(=O)=O)cc1C(=O)Nc1cc(-c2ccc(C(F)(F)F)cc2)cc(-c2ccc(C(F)(F)F)cc2)c1. The second kappa shape index (κ2) is 10.9. The Hall–Kier alpha value is -4.36. The highest BCUT2D eigenvalue weighted by Gasteiger charge is 2.31. The van der Waals surface area contributed by atoms with E-state index in [2.05, 4.69) is 5.32 Å². The third kappa shape index (κ3) is 6.87. The van der Waals surface area contributed by atoms with Crippen molar-refractivity contribution in [2.75, 3.05) is 12.4 Å². The molecule has 0 saturated heterocycles. The minimum atomic E-state index is -4.57. The molecule has 0 aliphatic heterocycles. The highest BCUT2D eigenvalue weighted by Crippen LogP contribution is 2.36. The molecule has 4 aromatic carbocycles. The average molecular weight is 595 g/mol. The van der Waals surface area contributed by atoms with Crippen molar-refractivity contribution in [2.24, 2.45) is 5.14 Å². The first-order valence-corrected chi connectivity index (χ1v) is 13.1. The minimum Gasteiger partial charge on any atom is -0.496 e. The van der Waals surface area contributed by atoms with E-state index in [1.807, 2.05) is 0 Å². The fraction of sp³-hybridized carbons (Fsp3) is 0.107. The van der Waals surface area contributed by atoms with Crippen LogP contribution in [-0.2, 0) is 22.4 Å². The molecule has 3 N–H and O–H groups in total. The van der Waals surface area contributed by atoms with Crippen LogP contribution < -0.4 is 15.2 Å². The Balaban J connectivity index is 1.80. The van der Waals surface area contributed by atoms with Crippen molar-refractivity contribution in [1.82, 2.24) is 0 Å². The molecule has 13 heteroatoms. The summed E-state index contributed by atoms with van der Waals surface area (Å²) in [6.45, 7) is 0. The van der Waals surface area contributed by atoms with Gasteiger partial charge in [0.05, 0.1) is 28.7 Å². The van der Waals surface area contributed by atoms with Gasteiger partial charge < -0.3 is 10.1 Å². The number of hydrogen-bond donors (Lipinski definition) is 2. The number of amides is 1. The van der Waals surface area contributed by atoms with Crippen LogP contribution in [0.3, 0.4) is 0 Å². The van der Waals surface area contributed by atoms with E-state index in [9.17, 15) is 39.6 Å². The molecule has 0 fully saturated rings. The summed E-state index contributed by atoms with van der Waals surface area (Å²) >= 11 is 0. The number of carbonyl (C=O) groups excluding carboxylic acids is 1. The van der Waals surface area contributed by atoms with E-state index in [0.29, 0.717) is 22.3 Å². The van der Waals surface area contributed by atoms with Crippen LogP contribution in [0.25, 0.3) is 22.3 Å². The summed E-state index contributed by atoms with van der Waals surface area (Å²) in [6.07, 6.45) is -9.13. The van der Waals surface area contributed by atoms with Crippen LogP contribution in [0.2, 0.25) is 0 Å². The number of nitrogens with one attached hydrogen (secondary N) is 1. The van der Waals surface area contributed by atoms with E-state index in [0.717, 1.165) is 36.4 Å². The fourth-order valence-electron chi connectivity index (χ4n) is 3.98. The molecule has 4 aromatic rings. The molecule has 41 heavy (non-hydrogen) atoms. The summed E-state index contributed by atoms with van der Waals surface area (Å²) in [4.78, 5) is 12.8. The maximum absolute atomic E-state index is 13.2. The number of primary sulfonamides is 1. The molecule has 0 saturated carbocycles. The number of hydrogen-bond acceptors (Lipinski definition) is 4. The van der Waals surface area contributed by atoms with Gasteiger partial charge in [-0.2, -0.15) is 26.3 Å². The molecule has 0 atom stereocenters. The number of benzene rings is 4. The van der Waals surface area contributed by atoms with Gasteiger partial charge in [0.15, 0.2) is 0 Å². The summed E-state index contributed by atoms with van der Waals surface area (Å²) in [6, 6.07) is 16.2. The summed E-state index contributed by atoms with van der Waals surface area (Å²) in [5.41, 5.74) is -0.480. The first-order chi connectivity index (χ1) is 19.1. The van der Waals surface area contributed by atoms with Crippen LogP contribution in [0, 0.1) is 0 Å². The van der Waals surface area contributed by atoms with Gasteiger partial charge in [-0.3, -0.25) is 4.79 Å². The fourth-order valence-corrected chi connectivity index (χ4v) is 4.52. The normalized spacial score (nSPS) is 12.2. The number of rotatable bonds is 6. The molecule has 0 aliphatic carbocycles. The maximum Gasteiger partial charge on any atom is 0.416 e. The van der Waals surface area contributed by atoms with E-state index in [-0.39, 0.29) is 21.9 Å². The van der Waals surface area contributed by atoms with Crippen LogP contribution in [0.4, 0.5) is 32.0 Å². The Labute approximate surface area is 230 Å². The zero-order valence-corrected chi connectivity index (χ0v) is 21.8. The standard InChI is InChI=1S/C28H20F6N2O4S/c1-40-25-11-10-23(41(35,38)39)15-24(25)26(37)36-22-13-18(16-2-6-20(7-3-16)27(29,30)31)12-19(14-22)17-4-8-21(9-5-17)28(32,33)34/h2-15H,1H3,(H,36,37)(H2,35,38,39). The molecule has 0 aromatic heterocycles. The Morgan fingerprint density at radius 3 is 1.56 bits per heavy atom. The van der Waals surface area contributed by atoms with Crippen LogP contribution in [-0.4, -0.2) is 21.4 Å². The number of ether oxygens (including phenoxy) is 1. The number of sulfonamides is 1. The van der Waals surface area contributed by atoms with Crippen molar-refractivity contribution in [1.29, 1.82) is 0 Å². The Morgan fingerprint density at radius 1 is 0.707 bits per heavy atom. The van der Waals surface area contributed by atoms with E-state index >= 15 is 0 Å². The van der Waals surface area contributed by atoms with Crippen molar-refractivity contribution >= 4 is 21.6 Å². The quantitative estimate of drug-likeness (QED) is 0.236. The van der Waals surface area contributed by atoms with Gasteiger partial charge >= 0.3 is 12.4 Å². The molecule has 0 spiro atoms. The van der Waals surface area contributed by atoms with Gasteiger partial charge in [0.1, 0.15) is 5.75 Å². The van der Waals surface area contributed by atoms with Gasteiger partial charge in [-0.25, -0.2) is 13.6 Å². The second-order valence-electron chi connectivity index (χ2n) is 8.81. The van der Waals surface area contributed by atoms with Gasteiger partial charge in [0.25, 0.3) is 5.91 Å². The van der Waals surface area contributed by atoms with E-state index in [1.54, 1.807) is 6.07 Å². The number of nitrogens with two attached hydrogens (primary N) is 1. The van der Waals surface area contributed by atoms with Crippen molar-refractivity contribution in [2.45, 2.75) is 17.2 Å². The molecule has 0 bridgehead atoms. The average Bonchev–Trinajstić information content (AvgIpc) is 2.91. The monoisotopic (exact) mass is 594 g/mol. The lowest BCUT2D eigenvalue weighted by molar-refractivity contribution is -0.138. The number of alkyl halides is 6. The lowest BCUT2D eigenvalue weighted by atomic mass is 9.96. The van der Waals surface area contributed by atoms with Crippen LogP contribution >= 0.6 is 0 Å². The lowest BCUT2D eigenvalue weighted by Crippen LogP contribution is -2.17. The molecule has 4 rings (SSSR count). The predicted octanol–water partition coefficient (Wildman–Crippen LogP) is 6.97. The van der Waals surface area contributed by atoms with Gasteiger partial charge in [0.2, 0.25) is 10.0 Å². The van der Waals surface area contributed by atoms with E-state index in [4.69, 9.17) is 9.88 Å². The zero-order chi connectivity index (χ0) is 30.2. The third-order valence-corrected chi connectivity index (χ3v) is 6.94. The topological polar surface area (TPSA) is 98.5 Å². The summed E-state index contributed by atoms with van der Waals surface area (Å²) in [7, 11) is -2.91. The van der Waals surface area contributed by atoms with Gasteiger partial charge in [0, 0.05) is 5.69 Å². The summed E-state index contributed by atoms with van der Waals surface area (Å²) in [5.74, 6) is -0.785. The first-order valence-electron chi connectivity index (χ1n) is 11.6. The maximum atomic E-state index is 13.2. The molecule has 1 amide bonds. The summed E-state index contributed by atoms with van der Waals surface area (Å²) < 4.78 is 107. The molecule has 214 valence electrons. The molecule has 0 heterocycles. The predicted molar refractivity (Wildman–Crippen MR) is 140 cm³/mol. The number of carbonyl (C=O) groups is 1. The second-order valence-corrected chi connectivity index (χ2v) is 10.4. The van der Waals surface area contributed by atoms with Crippen molar-refractivity contribution in [3.8, 4) is 28.0 Å². The molecular weight excluding hydrogens is 574 g/mol. The number of anilines is 1. The highest BCUT2D eigenvalue weighted by atomic mass is 32.2. The van der Waals surface area contributed by atoms with E-state index in [1.165, 1.54) is 49.6 Å². The van der Waals surface area contributed by atoms with Gasteiger partial charge in [-0.05, 0) is 82.9 Å². The Bertz CT molecular complexity index is 1620. The zero-order valence-electron chi connectivity index (χ0n) is 21.0. The Kier molecular flexibility index (Phi) is 7.87. The third-order valence-electron chi connectivity index (χ3n) is 6.03. The van der Waals surface area contributed by atoms with Crippen molar-refractivity contribution in [3.63, 3.8) is 0 Å². The van der Waals surface area contributed by atoms with Crippen LogP contribution in [0.15, 0.2) is 89.8 Å². The number of halogens is 6. The van der Waals surface area contributed by atoms with Crippen LogP contribution in [0.5, 0.6) is 5.75 Å². The summed E-state index contributed by atoms with van der Waals surface area (Å²) in [5, 5.41) is 7.76. The molecule has 0 aliphatic rings. The largest absolute Gasteiger partial charge is 0.496 e. The minimum absolute atomic E-state index is 0.0248. The molecule has 0 unspecified atom stereocenters. The smallest absolute Gasteiger partial charge is 0.416 e. The molecule has 0 radical (unpaired) electrons. The van der Waals surface area contributed by atoms with Gasteiger partial charge in [-0.15, -0.1) is 0 Å². The van der Waals surface area contributed by atoms with Gasteiger partial charge in [-0.1, -0.05) is 24.3 Å². The highest BCUT2D eigenvalue weighted by molar-refractivity contribution is 7.89. The Morgan fingerprint density at radius 2 is 1.17 bits per heavy atom.